The van der Waals surface area contributed by atoms with Crippen molar-refractivity contribution in [2.45, 2.75) is 26.9 Å². The summed E-state index contributed by atoms with van der Waals surface area (Å²) in [5, 5.41) is 6.16. The molecule has 0 aliphatic carbocycles. The topological polar surface area (TPSA) is 50.4 Å². The number of hydrogen-bond donors (Lipinski definition) is 2. The molecule has 0 bridgehead atoms. The van der Waals surface area contributed by atoms with Crippen LogP contribution < -0.4 is 10.6 Å². The second kappa shape index (κ2) is 6.08. The fourth-order valence-corrected chi connectivity index (χ4v) is 1.43. The SMILES string of the molecule is CC(C)C(C)C(=O)NCC1CNCCO1. The van der Waals surface area contributed by atoms with E-state index >= 15 is 0 Å². The van der Waals surface area contributed by atoms with Crippen LogP contribution in [0.4, 0.5) is 0 Å². The standard InChI is InChI=1S/C11H22N2O2/c1-8(2)9(3)11(14)13-7-10-6-12-4-5-15-10/h8-10,12H,4-7H2,1-3H3,(H,13,14). The maximum Gasteiger partial charge on any atom is 0.223 e. The molecular weight excluding hydrogens is 192 g/mol. The van der Waals surface area contributed by atoms with Crippen LogP contribution in [-0.4, -0.2) is 38.3 Å². The van der Waals surface area contributed by atoms with Crippen molar-refractivity contribution in [1.29, 1.82) is 0 Å². The first-order chi connectivity index (χ1) is 7.11. The smallest absolute Gasteiger partial charge is 0.223 e. The molecule has 1 amide bonds. The van der Waals surface area contributed by atoms with Crippen LogP contribution in [0.1, 0.15) is 20.8 Å². The minimum absolute atomic E-state index is 0.0709. The van der Waals surface area contributed by atoms with E-state index in [9.17, 15) is 4.79 Å². The van der Waals surface area contributed by atoms with E-state index in [1.54, 1.807) is 0 Å². The van der Waals surface area contributed by atoms with E-state index in [0.717, 1.165) is 19.7 Å². The van der Waals surface area contributed by atoms with E-state index in [2.05, 4.69) is 24.5 Å². The van der Waals surface area contributed by atoms with Crippen molar-refractivity contribution < 1.29 is 9.53 Å². The number of rotatable bonds is 4. The van der Waals surface area contributed by atoms with Crippen LogP contribution in [0.2, 0.25) is 0 Å². The summed E-state index contributed by atoms with van der Waals surface area (Å²) < 4.78 is 5.49. The molecule has 1 aliphatic heterocycles. The Morgan fingerprint density at radius 1 is 1.53 bits per heavy atom. The molecule has 0 aromatic rings. The quantitative estimate of drug-likeness (QED) is 0.711. The molecule has 4 heteroatoms. The third kappa shape index (κ3) is 4.18. The maximum atomic E-state index is 11.6. The van der Waals surface area contributed by atoms with Crippen LogP contribution >= 0.6 is 0 Å². The number of morpholine rings is 1. The highest BCUT2D eigenvalue weighted by Gasteiger charge is 2.19. The van der Waals surface area contributed by atoms with Gasteiger partial charge < -0.3 is 15.4 Å². The fraction of sp³-hybridized carbons (Fsp3) is 0.909. The second-order valence-corrected chi connectivity index (χ2v) is 4.47. The van der Waals surface area contributed by atoms with Gasteiger partial charge in [-0.2, -0.15) is 0 Å². The van der Waals surface area contributed by atoms with Gasteiger partial charge in [-0.1, -0.05) is 20.8 Å². The van der Waals surface area contributed by atoms with Crippen molar-refractivity contribution in [3.63, 3.8) is 0 Å². The first-order valence-corrected chi connectivity index (χ1v) is 5.71. The highest BCUT2D eigenvalue weighted by Crippen LogP contribution is 2.09. The third-order valence-corrected chi connectivity index (χ3v) is 2.92. The Hall–Kier alpha value is -0.610. The molecule has 0 spiro atoms. The molecule has 1 saturated heterocycles. The first-order valence-electron chi connectivity index (χ1n) is 5.71. The van der Waals surface area contributed by atoms with Crippen LogP contribution in [0, 0.1) is 11.8 Å². The summed E-state index contributed by atoms with van der Waals surface area (Å²) in [5.74, 6) is 0.580. The summed E-state index contributed by atoms with van der Waals surface area (Å²) >= 11 is 0. The number of carbonyl (C=O) groups is 1. The summed E-state index contributed by atoms with van der Waals surface area (Å²) in [6, 6.07) is 0. The molecule has 0 aromatic heterocycles. The monoisotopic (exact) mass is 214 g/mol. The average Bonchev–Trinajstić information content (AvgIpc) is 2.26. The Morgan fingerprint density at radius 3 is 2.80 bits per heavy atom. The van der Waals surface area contributed by atoms with E-state index in [4.69, 9.17) is 4.74 Å². The van der Waals surface area contributed by atoms with Crippen molar-refractivity contribution in [2.24, 2.45) is 11.8 Å². The molecule has 2 atom stereocenters. The molecule has 2 unspecified atom stereocenters. The number of amides is 1. The molecule has 4 nitrogen and oxygen atoms in total. The second-order valence-electron chi connectivity index (χ2n) is 4.47. The Morgan fingerprint density at radius 2 is 2.27 bits per heavy atom. The molecule has 1 fully saturated rings. The van der Waals surface area contributed by atoms with Gasteiger partial charge in [0.1, 0.15) is 0 Å². The Bertz CT molecular complexity index is 201. The van der Waals surface area contributed by atoms with E-state index in [0.29, 0.717) is 12.5 Å². The molecule has 2 N–H and O–H groups in total. The zero-order valence-electron chi connectivity index (χ0n) is 9.88. The summed E-state index contributed by atoms with van der Waals surface area (Å²) in [6.07, 6.45) is 0.127. The van der Waals surface area contributed by atoms with Crippen LogP contribution in [0.3, 0.4) is 0 Å². The Balaban J connectivity index is 2.20. The predicted octanol–water partition coefficient (Wildman–Crippen LogP) is 0.383. The van der Waals surface area contributed by atoms with Gasteiger partial charge in [-0.25, -0.2) is 0 Å². The summed E-state index contributed by atoms with van der Waals surface area (Å²) in [5.41, 5.74) is 0. The lowest BCUT2D eigenvalue weighted by atomic mass is 9.97. The molecule has 15 heavy (non-hydrogen) atoms. The largest absolute Gasteiger partial charge is 0.374 e. The Labute approximate surface area is 91.8 Å². The lowest BCUT2D eigenvalue weighted by molar-refractivity contribution is -0.126. The van der Waals surface area contributed by atoms with Gasteiger partial charge in [0, 0.05) is 25.6 Å². The van der Waals surface area contributed by atoms with Gasteiger partial charge in [-0.05, 0) is 5.92 Å². The van der Waals surface area contributed by atoms with Crippen molar-refractivity contribution in [3.8, 4) is 0 Å². The average molecular weight is 214 g/mol. The summed E-state index contributed by atoms with van der Waals surface area (Å²) in [6.45, 7) is 9.16. The van der Waals surface area contributed by atoms with Crippen molar-refractivity contribution in [2.75, 3.05) is 26.2 Å². The highest BCUT2D eigenvalue weighted by molar-refractivity contribution is 5.78. The van der Waals surface area contributed by atoms with Crippen molar-refractivity contribution >= 4 is 5.91 Å². The zero-order chi connectivity index (χ0) is 11.3. The zero-order valence-corrected chi connectivity index (χ0v) is 9.88. The summed E-state index contributed by atoms with van der Waals surface area (Å²) in [4.78, 5) is 11.6. The lowest BCUT2D eigenvalue weighted by Gasteiger charge is -2.24. The van der Waals surface area contributed by atoms with Gasteiger partial charge in [-0.15, -0.1) is 0 Å². The number of hydrogen-bond acceptors (Lipinski definition) is 3. The normalized spacial score (nSPS) is 23.9. The molecule has 0 radical (unpaired) electrons. The van der Waals surface area contributed by atoms with Crippen LogP contribution in [0.5, 0.6) is 0 Å². The Kier molecular flexibility index (Phi) is 5.05. The minimum atomic E-state index is 0.0709. The third-order valence-electron chi connectivity index (χ3n) is 2.92. The molecule has 1 aliphatic rings. The van der Waals surface area contributed by atoms with E-state index < -0.39 is 0 Å². The van der Waals surface area contributed by atoms with Gasteiger partial charge in [0.2, 0.25) is 5.91 Å². The molecular formula is C11H22N2O2. The molecule has 0 aromatic carbocycles. The number of nitrogens with one attached hydrogen (secondary N) is 2. The molecule has 0 saturated carbocycles. The molecule has 88 valence electrons. The number of carbonyl (C=O) groups excluding carboxylic acids is 1. The van der Waals surface area contributed by atoms with Crippen LogP contribution in [0.25, 0.3) is 0 Å². The maximum absolute atomic E-state index is 11.6. The van der Waals surface area contributed by atoms with Gasteiger partial charge in [0.05, 0.1) is 12.7 Å². The fourth-order valence-electron chi connectivity index (χ4n) is 1.43. The predicted molar refractivity (Wildman–Crippen MR) is 59.6 cm³/mol. The van der Waals surface area contributed by atoms with Gasteiger partial charge in [0.25, 0.3) is 0 Å². The molecule has 1 heterocycles. The van der Waals surface area contributed by atoms with E-state index in [-0.39, 0.29) is 17.9 Å². The van der Waals surface area contributed by atoms with Crippen LogP contribution in [0.15, 0.2) is 0 Å². The minimum Gasteiger partial charge on any atom is -0.374 e. The van der Waals surface area contributed by atoms with Crippen LogP contribution in [-0.2, 0) is 9.53 Å². The van der Waals surface area contributed by atoms with Gasteiger partial charge in [0.15, 0.2) is 0 Å². The lowest BCUT2D eigenvalue weighted by Crippen LogP contribution is -2.46. The molecule has 1 rings (SSSR count). The number of ether oxygens (including phenoxy) is 1. The van der Waals surface area contributed by atoms with E-state index in [1.165, 1.54) is 0 Å². The van der Waals surface area contributed by atoms with Crippen molar-refractivity contribution in [1.82, 2.24) is 10.6 Å². The first kappa shape index (κ1) is 12.5. The summed E-state index contributed by atoms with van der Waals surface area (Å²) in [7, 11) is 0. The highest BCUT2D eigenvalue weighted by atomic mass is 16.5. The van der Waals surface area contributed by atoms with Gasteiger partial charge >= 0.3 is 0 Å². The van der Waals surface area contributed by atoms with Crippen molar-refractivity contribution in [3.05, 3.63) is 0 Å². The van der Waals surface area contributed by atoms with E-state index in [1.807, 2.05) is 6.92 Å². The van der Waals surface area contributed by atoms with Gasteiger partial charge in [-0.3, -0.25) is 4.79 Å².